The molecule has 5 nitrogen and oxygen atoms in total. The lowest BCUT2D eigenvalue weighted by Gasteiger charge is -2.10. The summed E-state index contributed by atoms with van der Waals surface area (Å²) in [6.07, 6.45) is 0. The first-order valence-electron chi connectivity index (χ1n) is 5.89. The minimum Gasteiger partial charge on any atom is -0.494 e. The molecule has 0 saturated heterocycles. The lowest BCUT2D eigenvalue weighted by atomic mass is 10.2. The third kappa shape index (κ3) is 3.97. The van der Waals surface area contributed by atoms with Gasteiger partial charge in [0.25, 0.3) is 0 Å². The zero-order chi connectivity index (χ0) is 13.6. The third-order valence-corrected chi connectivity index (χ3v) is 3.88. The van der Waals surface area contributed by atoms with Crippen LogP contribution in [0.15, 0.2) is 23.1 Å². The largest absolute Gasteiger partial charge is 0.494 e. The molecule has 0 aliphatic heterocycles. The average molecular weight is 272 g/mol. The van der Waals surface area contributed by atoms with Crippen LogP contribution in [-0.4, -0.2) is 35.2 Å². The molecule has 0 aliphatic rings. The van der Waals surface area contributed by atoms with Gasteiger partial charge in [0, 0.05) is 13.1 Å². The number of likely N-dealkylation sites (N-methyl/N-ethyl adjacent to an activating group) is 1. The number of aryl methyl sites for hydroxylation is 1. The fourth-order valence-electron chi connectivity index (χ4n) is 1.50. The van der Waals surface area contributed by atoms with E-state index in [-0.39, 0.29) is 4.90 Å². The Labute approximate surface area is 109 Å². The minimum atomic E-state index is -3.43. The lowest BCUT2D eigenvalue weighted by molar-refractivity contribution is 0.337. The molecule has 2 N–H and O–H groups in total. The summed E-state index contributed by atoms with van der Waals surface area (Å²) in [5.41, 5.74) is 0.813. The molecular weight excluding hydrogens is 252 g/mol. The van der Waals surface area contributed by atoms with Gasteiger partial charge in [-0.15, -0.1) is 0 Å². The van der Waals surface area contributed by atoms with E-state index in [4.69, 9.17) is 4.74 Å². The van der Waals surface area contributed by atoms with Gasteiger partial charge in [0.05, 0.1) is 11.5 Å². The van der Waals surface area contributed by atoms with Gasteiger partial charge in [-0.1, -0.05) is 0 Å². The van der Waals surface area contributed by atoms with Crippen molar-refractivity contribution in [1.82, 2.24) is 10.0 Å². The molecule has 1 rings (SSSR count). The first kappa shape index (κ1) is 14.9. The highest BCUT2D eigenvalue weighted by Crippen LogP contribution is 2.21. The second kappa shape index (κ2) is 6.72. The molecule has 0 unspecified atom stereocenters. The molecule has 1 aromatic rings. The summed E-state index contributed by atoms with van der Waals surface area (Å²) >= 11 is 0. The van der Waals surface area contributed by atoms with Crippen LogP contribution in [0.3, 0.4) is 0 Å². The number of benzene rings is 1. The Morgan fingerprint density at radius 1 is 1.28 bits per heavy atom. The summed E-state index contributed by atoms with van der Waals surface area (Å²) in [6, 6.07) is 4.86. The number of hydrogen-bond donors (Lipinski definition) is 2. The molecule has 0 aromatic heterocycles. The van der Waals surface area contributed by atoms with E-state index in [0.717, 1.165) is 5.56 Å². The van der Waals surface area contributed by atoms with Gasteiger partial charge in [0.15, 0.2) is 0 Å². The van der Waals surface area contributed by atoms with Gasteiger partial charge in [0.1, 0.15) is 5.75 Å². The maximum absolute atomic E-state index is 11.9. The van der Waals surface area contributed by atoms with Crippen molar-refractivity contribution in [1.29, 1.82) is 0 Å². The zero-order valence-corrected chi connectivity index (χ0v) is 11.8. The van der Waals surface area contributed by atoms with Crippen molar-refractivity contribution >= 4 is 10.0 Å². The average Bonchev–Trinajstić information content (AvgIpc) is 2.32. The van der Waals surface area contributed by atoms with E-state index in [1.807, 2.05) is 13.8 Å². The second-order valence-electron chi connectivity index (χ2n) is 3.86. The quantitative estimate of drug-likeness (QED) is 0.723. The molecule has 0 saturated carbocycles. The summed E-state index contributed by atoms with van der Waals surface area (Å²) in [6.45, 7) is 5.24. The second-order valence-corrected chi connectivity index (χ2v) is 5.63. The lowest BCUT2D eigenvalue weighted by Crippen LogP contribution is -2.30. The summed E-state index contributed by atoms with van der Waals surface area (Å²) in [4.78, 5) is 0.263. The van der Waals surface area contributed by atoms with Crippen LogP contribution in [-0.2, 0) is 10.0 Å². The number of rotatable bonds is 7. The number of sulfonamides is 1. The maximum Gasteiger partial charge on any atom is 0.240 e. The molecule has 0 bridgehead atoms. The molecule has 0 heterocycles. The van der Waals surface area contributed by atoms with Gasteiger partial charge < -0.3 is 10.1 Å². The highest BCUT2D eigenvalue weighted by Gasteiger charge is 2.14. The molecule has 6 heteroatoms. The summed E-state index contributed by atoms with van der Waals surface area (Å²) in [5.74, 6) is 0.715. The predicted molar refractivity (Wildman–Crippen MR) is 71.5 cm³/mol. The van der Waals surface area contributed by atoms with Gasteiger partial charge >= 0.3 is 0 Å². The van der Waals surface area contributed by atoms with Gasteiger partial charge in [-0.2, -0.15) is 0 Å². The molecule has 18 heavy (non-hydrogen) atoms. The Bertz CT molecular complexity index is 486. The van der Waals surface area contributed by atoms with Crippen molar-refractivity contribution in [3.8, 4) is 5.75 Å². The van der Waals surface area contributed by atoms with E-state index in [9.17, 15) is 8.42 Å². The molecule has 0 spiro atoms. The molecule has 0 radical (unpaired) electrons. The van der Waals surface area contributed by atoms with Gasteiger partial charge in [-0.05, 0) is 44.7 Å². The Morgan fingerprint density at radius 3 is 2.56 bits per heavy atom. The van der Waals surface area contributed by atoms with Gasteiger partial charge in [-0.3, -0.25) is 0 Å². The molecule has 0 aliphatic carbocycles. The maximum atomic E-state index is 11.9. The van der Waals surface area contributed by atoms with Crippen LogP contribution in [0.5, 0.6) is 5.75 Å². The smallest absolute Gasteiger partial charge is 0.240 e. The summed E-state index contributed by atoms with van der Waals surface area (Å²) < 4.78 is 31.8. The summed E-state index contributed by atoms with van der Waals surface area (Å²) in [5, 5.41) is 2.88. The van der Waals surface area contributed by atoms with E-state index in [2.05, 4.69) is 10.0 Å². The SMILES string of the molecule is CCOc1ccc(S(=O)(=O)NCCNC)cc1C. The monoisotopic (exact) mass is 272 g/mol. The molecular formula is C12H20N2O3S. The highest BCUT2D eigenvalue weighted by molar-refractivity contribution is 7.89. The van der Waals surface area contributed by atoms with E-state index >= 15 is 0 Å². The van der Waals surface area contributed by atoms with Gasteiger partial charge in [0.2, 0.25) is 10.0 Å². The molecule has 0 fully saturated rings. The van der Waals surface area contributed by atoms with Crippen LogP contribution in [0.4, 0.5) is 0 Å². The summed E-state index contributed by atoms with van der Waals surface area (Å²) in [7, 11) is -1.66. The topological polar surface area (TPSA) is 67.4 Å². The molecule has 1 aromatic carbocycles. The van der Waals surface area contributed by atoms with Crippen LogP contribution in [0.25, 0.3) is 0 Å². The van der Waals surface area contributed by atoms with Crippen LogP contribution in [0.2, 0.25) is 0 Å². The van der Waals surface area contributed by atoms with Crippen LogP contribution in [0.1, 0.15) is 12.5 Å². The van der Waals surface area contributed by atoms with Crippen molar-refractivity contribution in [2.75, 3.05) is 26.7 Å². The van der Waals surface area contributed by atoms with Crippen LogP contribution >= 0.6 is 0 Å². The Kier molecular flexibility index (Phi) is 5.58. The van der Waals surface area contributed by atoms with Gasteiger partial charge in [-0.25, -0.2) is 13.1 Å². The van der Waals surface area contributed by atoms with Crippen molar-refractivity contribution in [3.63, 3.8) is 0 Å². The number of nitrogens with one attached hydrogen (secondary N) is 2. The molecule has 102 valence electrons. The Hall–Kier alpha value is -1.11. The fraction of sp³-hybridized carbons (Fsp3) is 0.500. The predicted octanol–water partition coefficient (Wildman–Crippen LogP) is 0.891. The molecule has 0 atom stereocenters. The van der Waals surface area contributed by atoms with Crippen molar-refractivity contribution in [3.05, 3.63) is 23.8 Å². The highest BCUT2D eigenvalue weighted by atomic mass is 32.2. The zero-order valence-electron chi connectivity index (χ0n) is 11.0. The van der Waals surface area contributed by atoms with Crippen molar-refractivity contribution in [2.24, 2.45) is 0 Å². The fourth-order valence-corrected chi connectivity index (χ4v) is 2.62. The van der Waals surface area contributed by atoms with E-state index in [1.54, 1.807) is 25.2 Å². The molecule has 0 amide bonds. The van der Waals surface area contributed by atoms with Crippen molar-refractivity contribution < 1.29 is 13.2 Å². The van der Waals surface area contributed by atoms with Crippen LogP contribution < -0.4 is 14.8 Å². The van der Waals surface area contributed by atoms with E-state index < -0.39 is 10.0 Å². The Morgan fingerprint density at radius 2 is 2.00 bits per heavy atom. The van der Waals surface area contributed by atoms with E-state index in [1.165, 1.54) is 0 Å². The first-order chi connectivity index (χ1) is 8.51. The minimum absolute atomic E-state index is 0.263. The standard InChI is InChI=1S/C12H20N2O3S/c1-4-17-12-6-5-11(9-10(12)2)18(15,16)14-8-7-13-3/h5-6,9,13-14H,4,7-8H2,1-3H3. The van der Waals surface area contributed by atoms with Crippen LogP contribution in [0, 0.1) is 6.92 Å². The number of hydrogen-bond acceptors (Lipinski definition) is 4. The Balaban J connectivity index is 2.86. The normalized spacial score (nSPS) is 11.5. The number of ether oxygens (including phenoxy) is 1. The third-order valence-electron chi connectivity index (χ3n) is 2.42. The van der Waals surface area contributed by atoms with E-state index in [0.29, 0.717) is 25.4 Å². The first-order valence-corrected chi connectivity index (χ1v) is 7.37. The van der Waals surface area contributed by atoms with Crippen molar-refractivity contribution in [2.45, 2.75) is 18.7 Å².